The molecule has 7 nitrogen and oxygen atoms in total. The Labute approximate surface area is 191 Å². The van der Waals surface area contributed by atoms with Crippen molar-refractivity contribution in [1.82, 2.24) is 19.7 Å². The number of rotatable bonds is 7. The monoisotopic (exact) mass is 436 g/mol. The van der Waals surface area contributed by atoms with Crippen LogP contribution in [-0.2, 0) is 13.1 Å². The molecule has 0 bridgehead atoms. The van der Waals surface area contributed by atoms with Gasteiger partial charge in [-0.05, 0) is 23.3 Å². The van der Waals surface area contributed by atoms with Gasteiger partial charge in [-0.15, -0.1) is 5.10 Å². The van der Waals surface area contributed by atoms with Crippen LogP contribution in [0.15, 0.2) is 84.9 Å². The highest BCUT2D eigenvalue weighted by molar-refractivity contribution is 6.00. The van der Waals surface area contributed by atoms with Gasteiger partial charge in [0.1, 0.15) is 11.6 Å². The van der Waals surface area contributed by atoms with Crippen molar-refractivity contribution in [1.29, 1.82) is 0 Å². The minimum absolute atomic E-state index is 0.483. The summed E-state index contributed by atoms with van der Waals surface area (Å²) in [5, 5.41) is 8.76. The molecule has 0 fully saturated rings. The first-order chi connectivity index (χ1) is 16.2. The molecule has 3 aromatic carbocycles. The number of hydrogen-bond acceptors (Lipinski definition) is 6. The number of aromatic nitrogens is 4. The van der Waals surface area contributed by atoms with E-state index in [2.05, 4.69) is 22.4 Å². The second-order valence-corrected chi connectivity index (χ2v) is 7.66. The minimum Gasteiger partial charge on any atom is -0.496 e. The molecule has 0 radical (unpaired) electrons. The molecule has 2 heterocycles. The van der Waals surface area contributed by atoms with Crippen molar-refractivity contribution < 1.29 is 4.74 Å². The Balaban J connectivity index is 1.62. The van der Waals surface area contributed by atoms with Gasteiger partial charge >= 0.3 is 0 Å². The molecule has 0 atom stereocenters. The zero-order chi connectivity index (χ0) is 22.6. The van der Waals surface area contributed by atoms with E-state index in [-0.39, 0.29) is 0 Å². The predicted octanol–water partition coefficient (Wildman–Crippen LogP) is 4.74. The van der Waals surface area contributed by atoms with Crippen LogP contribution in [0.1, 0.15) is 11.1 Å². The highest BCUT2D eigenvalue weighted by Crippen LogP contribution is 2.36. The molecule has 0 saturated carbocycles. The van der Waals surface area contributed by atoms with Gasteiger partial charge in [-0.25, -0.2) is 9.67 Å². The lowest BCUT2D eigenvalue weighted by Crippen LogP contribution is -2.05. The van der Waals surface area contributed by atoms with Crippen molar-refractivity contribution in [2.24, 2.45) is 0 Å². The zero-order valence-corrected chi connectivity index (χ0v) is 18.3. The number of anilines is 2. The van der Waals surface area contributed by atoms with Crippen LogP contribution < -0.4 is 15.8 Å². The van der Waals surface area contributed by atoms with Crippen LogP contribution in [0.2, 0.25) is 0 Å². The minimum atomic E-state index is 0.483. The van der Waals surface area contributed by atoms with Gasteiger partial charge in [0.15, 0.2) is 5.65 Å². The third-order valence-corrected chi connectivity index (χ3v) is 5.47. The Morgan fingerprint density at radius 3 is 2.24 bits per heavy atom. The van der Waals surface area contributed by atoms with Gasteiger partial charge in [0.25, 0.3) is 0 Å². The number of nitrogens with two attached hydrogens (primary N) is 1. The van der Waals surface area contributed by atoms with Gasteiger partial charge in [-0.1, -0.05) is 72.8 Å². The van der Waals surface area contributed by atoms with E-state index in [0.29, 0.717) is 47.3 Å². The van der Waals surface area contributed by atoms with E-state index in [1.54, 1.807) is 11.8 Å². The first kappa shape index (κ1) is 20.5. The Bertz CT molecular complexity index is 1380. The van der Waals surface area contributed by atoms with Gasteiger partial charge in [0.2, 0.25) is 5.95 Å². The molecule has 0 unspecified atom stereocenters. The van der Waals surface area contributed by atoms with Crippen molar-refractivity contribution in [2.45, 2.75) is 13.1 Å². The van der Waals surface area contributed by atoms with E-state index >= 15 is 0 Å². The lowest BCUT2D eigenvalue weighted by Gasteiger charge is -2.11. The number of ether oxygens (including phenoxy) is 1. The van der Waals surface area contributed by atoms with Gasteiger partial charge in [-0.2, -0.15) is 4.98 Å². The van der Waals surface area contributed by atoms with Crippen LogP contribution in [0.5, 0.6) is 5.75 Å². The Morgan fingerprint density at radius 1 is 0.848 bits per heavy atom. The molecule has 0 saturated heterocycles. The Morgan fingerprint density at radius 2 is 1.52 bits per heavy atom. The van der Waals surface area contributed by atoms with Gasteiger partial charge in [-0.3, -0.25) is 0 Å². The van der Waals surface area contributed by atoms with Crippen molar-refractivity contribution in [2.75, 3.05) is 18.2 Å². The number of nitrogen functional groups attached to an aromatic ring is 1. The predicted molar refractivity (Wildman–Crippen MR) is 131 cm³/mol. The van der Waals surface area contributed by atoms with Gasteiger partial charge < -0.3 is 15.8 Å². The largest absolute Gasteiger partial charge is 0.496 e. The number of hydrogen-bond donors (Lipinski definition) is 2. The van der Waals surface area contributed by atoms with Crippen LogP contribution in [0.3, 0.4) is 0 Å². The van der Waals surface area contributed by atoms with Crippen molar-refractivity contribution in [3.8, 4) is 17.0 Å². The average molecular weight is 437 g/mol. The molecule has 0 amide bonds. The highest BCUT2D eigenvalue weighted by Gasteiger charge is 2.20. The summed E-state index contributed by atoms with van der Waals surface area (Å²) < 4.78 is 7.38. The topological polar surface area (TPSA) is 90.9 Å². The summed E-state index contributed by atoms with van der Waals surface area (Å²) in [6.07, 6.45) is 0. The van der Waals surface area contributed by atoms with E-state index in [4.69, 9.17) is 20.6 Å². The normalized spacial score (nSPS) is 10.9. The molecule has 3 N–H and O–H groups in total. The van der Waals surface area contributed by atoms with Crippen LogP contribution >= 0.6 is 0 Å². The number of methoxy groups -OCH3 is 1. The fourth-order valence-electron chi connectivity index (χ4n) is 3.82. The molecule has 5 rings (SSSR count). The van der Waals surface area contributed by atoms with Crippen LogP contribution in [-0.4, -0.2) is 26.9 Å². The summed E-state index contributed by atoms with van der Waals surface area (Å²) in [5.41, 5.74) is 10.9. The summed E-state index contributed by atoms with van der Waals surface area (Å²) >= 11 is 0. The molecule has 0 spiro atoms. The van der Waals surface area contributed by atoms with Crippen LogP contribution in [0.4, 0.5) is 11.8 Å². The van der Waals surface area contributed by atoms with E-state index in [0.717, 1.165) is 16.7 Å². The quantitative estimate of drug-likeness (QED) is 0.383. The number of para-hydroxylation sites is 1. The zero-order valence-electron chi connectivity index (χ0n) is 18.3. The summed E-state index contributed by atoms with van der Waals surface area (Å²) in [5.74, 6) is 1.71. The summed E-state index contributed by atoms with van der Waals surface area (Å²) in [6.45, 7) is 1.14. The molecule has 0 aliphatic carbocycles. The SMILES string of the molecule is COc1ccccc1-c1nc(NCc2ccccc2)nc2nn(Cc3ccccc3)c(N)c12. The molecule has 7 heteroatoms. The maximum atomic E-state index is 6.59. The molecule has 5 aromatic rings. The van der Waals surface area contributed by atoms with Crippen LogP contribution in [0, 0.1) is 0 Å². The number of nitrogens with zero attached hydrogens (tertiary/aromatic N) is 4. The third kappa shape index (κ3) is 4.21. The molecule has 2 aromatic heterocycles. The number of fused-ring (bicyclic) bond motifs is 1. The first-order valence-corrected chi connectivity index (χ1v) is 10.7. The fourth-order valence-corrected chi connectivity index (χ4v) is 3.82. The maximum absolute atomic E-state index is 6.59. The number of nitrogens with one attached hydrogen (secondary N) is 1. The average Bonchev–Trinajstić information content (AvgIpc) is 3.18. The maximum Gasteiger partial charge on any atom is 0.225 e. The van der Waals surface area contributed by atoms with E-state index < -0.39 is 0 Å². The van der Waals surface area contributed by atoms with Crippen molar-refractivity contribution in [3.63, 3.8) is 0 Å². The Hall–Kier alpha value is -4.39. The van der Waals surface area contributed by atoms with Crippen molar-refractivity contribution >= 4 is 22.8 Å². The van der Waals surface area contributed by atoms with Gasteiger partial charge in [0.05, 0.1) is 24.7 Å². The molecular formula is C26H24N6O. The van der Waals surface area contributed by atoms with Crippen molar-refractivity contribution in [3.05, 3.63) is 96.1 Å². The second-order valence-electron chi connectivity index (χ2n) is 7.66. The molecule has 0 aliphatic heterocycles. The van der Waals surface area contributed by atoms with E-state index in [1.807, 2.05) is 72.8 Å². The van der Waals surface area contributed by atoms with E-state index in [1.165, 1.54) is 0 Å². The highest BCUT2D eigenvalue weighted by atomic mass is 16.5. The summed E-state index contributed by atoms with van der Waals surface area (Å²) in [4.78, 5) is 9.52. The molecule has 0 aliphatic rings. The lowest BCUT2D eigenvalue weighted by molar-refractivity contribution is 0.416. The lowest BCUT2D eigenvalue weighted by atomic mass is 10.1. The van der Waals surface area contributed by atoms with E-state index in [9.17, 15) is 0 Å². The standard InChI is InChI=1S/C26H24N6O/c1-33-21-15-9-8-14-20(21)23-22-24(27)32(17-19-12-6-3-7-13-19)31-25(22)30-26(29-23)28-16-18-10-4-2-5-11-18/h2-15H,16-17,27H2,1H3,(H,28,30,31). The third-order valence-electron chi connectivity index (χ3n) is 5.47. The number of benzene rings is 3. The Kier molecular flexibility index (Phi) is 5.59. The van der Waals surface area contributed by atoms with Crippen LogP contribution in [0.25, 0.3) is 22.3 Å². The first-order valence-electron chi connectivity index (χ1n) is 10.7. The molecular weight excluding hydrogens is 412 g/mol. The summed E-state index contributed by atoms with van der Waals surface area (Å²) in [6, 6.07) is 28.0. The fraction of sp³-hybridized carbons (Fsp3) is 0.115. The molecule has 164 valence electrons. The smallest absolute Gasteiger partial charge is 0.225 e. The summed E-state index contributed by atoms with van der Waals surface area (Å²) in [7, 11) is 1.65. The molecule has 33 heavy (non-hydrogen) atoms. The second kappa shape index (κ2) is 9.00. The van der Waals surface area contributed by atoms with Gasteiger partial charge in [0, 0.05) is 12.1 Å².